The highest BCUT2D eigenvalue weighted by molar-refractivity contribution is 7.46. The molecule has 2 saturated heterocycles. The second-order valence-corrected chi connectivity index (χ2v) is 36.7. The number of aliphatic hydroxyl groups excluding tert-OH is 4. The number of unbranched alkanes of at least 4 members (excludes halogenated alkanes) is 54. The monoisotopic (exact) mass is 1730 g/mol. The summed E-state index contributed by atoms with van der Waals surface area (Å²) in [5.74, 6) is -3.84. The maximum Gasteiger partial charge on any atom is 0.470 e. The number of carbonyl (C=O) groups excluding carboxylic acids is 6. The van der Waals surface area contributed by atoms with Crippen LogP contribution in [0.5, 0.6) is 0 Å². The van der Waals surface area contributed by atoms with Gasteiger partial charge >= 0.3 is 31.7 Å². The lowest BCUT2D eigenvalue weighted by Crippen LogP contribution is -2.67. The lowest BCUT2D eigenvalue weighted by molar-refractivity contribution is -0.297. The number of nitrogens with one attached hydrogen (secondary N) is 2. The third-order valence-corrected chi connectivity index (χ3v) is 24.6. The summed E-state index contributed by atoms with van der Waals surface area (Å²) in [6, 6.07) is -3.37. The Labute approximate surface area is 729 Å². The lowest BCUT2D eigenvalue weighted by atomic mass is 9.95. The van der Waals surface area contributed by atoms with E-state index in [9.17, 15) is 63.5 Å². The van der Waals surface area contributed by atoms with Crippen molar-refractivity contribution in [3.8, 4) is 0 Å². The number of esters is 4. The van der Waals surface area contributed by atoms with Gasteiger partial charge in [-0.15, -0.1) is 0 Å². The standard InChI is InChI=1S/C96H181N2O21P/c1-7-13-19-25-31-37-39-40-42-48-54-59-65-70-85(102)113-78(67-61-55-49-43-33-27-21-15-9-3)73-83(100)97-89-92(107)91(106)82(116-95(89)108)77-112-96-90(98-84(101)74-79(68-62-56-50-44-34-28-22-16-10-4)114-86(103)71-64-58-52-46-36-30-24-18-12-6)94(93(81(76-99)117-96)119-120(109,110)111)118-88(105)75-80(69-63-57-51-45-35-29-23-17-11-5)115-87(104)72-66-60-53-47-41-38-32-26-20-14-8-2/h78-82,89-96,99,106-108H,7-77H2,1-6H3,(H,97,100)(H,98,101)(H2,109,110,111)/t78-,79-,80-,81?,82?,89?,90?,91-,92-,93-,94-,95-,96-/m1/s1. The molecule has 0 saturated carbocycles. The maximum absolute atomic E-state index is 15.0. The van der Waals surface area contributed by atoms with Gasteiger partial charge in [0, 0.05) is 19.3 Å². The van der Waals surface area contributed by atoms with E-state index < -0.39 is 149 Å². The van der Waals surface area contributed by atoms with Gasteiger partial charge in [0.2, 0.25) is 11.8 Å². The number of carbonyl (C=O) groups is 6. The first kappa shape index (κ1) is 113. The largest absolute Gasteiger partial charge is 0.470 e. The molecule has 706 valence electrons. The minimum atomic E-state index is -5.58. The van der Waals surface area contributed by atoms with E-state index in [1.54, 1.807) is 0 Å². The van der Waals surface area contributed by atoms with E-state index in [0.29, 0.717) is 51.4 Å². The van der Waals surface area contributed by atoms with Gasteiger partial charge in [-0.3, -0.25) is 33.3 Å². The molecule has 13 atom stereocenters. The molecule has 2 aliphatic heterocycles. The molecule has 120 heavy (non-hydrogen) atoms. The lowest BCUT2D eigenvalue weighted by Gasteiger charge is -2.46. The van der Waals surface area contributed by atoms with Crippen LogP contribution in [0.25, 0.3) is 0 Å². The average Bonchev–Trinajstić information content (AvgIpc) is 0.777. The molecule has 2 fully saturated rings. The van der Waals surface area contributed by atoms with E-state index in [0.717, 1.165) is 173 Å². The number of ether oxygens (including phenoxy) is 7. The molecule has 0 aromatic carbocycles. The first-order valence-electron chi connectivity index (χ1n) is 49.9. The molecule has 4 unspecified atom stereocenters. The predicted molar refractivity (Wildman–Crippen MR) is 478 cm³/mol. The zero-order valence-corrected chi connectivity index (χ0v) is 77.9. The fourth-order valence-electron chi connectivity index (χ4n) is 16.7. The molecule has 0 aliphatic carbocycles. The third-order valence-electron chi connectivity index (χ3n) is 24.1. The zero-order chi connectivity index (χ0) is 87.7. The summed E-state index contributed by atoms with van der Waals surface area (Å²) in [6.07, 6.45) is 46.8. The molecule has 2 amide bonds. The molecular weight excluding hydrogens is 1550 g/mol. The summed E-state index contributed by atoms with van der Waals surface area (Å²) >= 11 is 0. The van der Waals surface area contributed by atoms with Gasteiger partial charge in [0.25, 0.3) is 0 Å². The van der Waals surface area contributed by atoms with Crippen LogP contribution in [0.1, 0.15) is 485 Å². The Morgan fingerprint density at radius 2 is 0.608 bits per heavy atom. The normalized spacial score (nSPS) is 20.2. The number of phosphoric acid groups is 1. The van der Waals surface area contributed by atoms with Crippen molar-refractivity contribution in [1.82, 2.24) is 10.6 Å². The Hall–Kier alpha value is -3.35. The summed E-state index contributed by atoms with van der Waals surface area (Å²) < 4.78 is 61.4. The number of hydrogen-bond acceptors (Lipinski definition) is 19. The van der Waals surface area contributed by atoms with E-state index in [1.165, 1.54) is 173 Å². The summed E-state index contributed by atoms with van der Waals surface area (Å²) in [5.41, 5.74) is 0. The van der Waals surface area contributed by atoms with Crippen molar-refractivity contribution >= 4 is 43.5 Å². The summed E-state index contributed by atoms with van der Waals surface area (Å²) in [7, 11) is -5.58. The van der Waals surface area contributed by atoms with Crippen LogP contribution in [0, 0.1) is 0 Å². The van der Waals surface area contributed by atoms with Crippen LogP contribution < -0.4 is 10.6 Å². The van der Waals surface area contributed by atoms with Crippen LogP contribution >= 0.6 is 7.82 Å². The molecule has 0 aromatic heterocycles. The second-order valence-electron chi connectivity index (χ2n) is 35.5. The predicted octanol–water partition coefficient (Wildman–Crippen LogP) is 22.3. The quantitative estimate of drug-likeness (QED) is 0.0121. The average molecular weight is 1730 g/mol. The van der Waals surface area contributed by atoms with Crippen molar-refractivity contribution in [3.63, 3.8) is 0 Å². The van der Waals surface area contributed by atoms with Gasteiger partial charge in [-0.05, 0) is 57.8 Å². The Balaban J connectivity index is 2.56. The van der Waals surface area contributed by atoms with Gasteiger partial charge in [-0.1, -0.05) is 388 Å². The summed E-state index contributed by atoms with van der Waals surface area (Å²) in [4.78, 5) is 106. The molecule has 8 N–H and O–H groups in total. The highest BCUT2D eigenvalue weighted by atomic mass is 31.2. The number of hydrogen-bond donors (Lipinski definition) is 8. The number of aliphatic hydroxyl groups is 4. The van der Waals surface area contributed by atoms with E-state index in [2.05, 4.69) is 52.2 Å². The molecule has 0 aromatic rings. The van der Waals surface area contributed by atoms with Crippen molar-refractivity contribution in [2.24, 2.45) is 0 Å². The van der Waals surface area contributed by atoms with Gasteiger partial charge in [-0.25, -0.2) is 4.57 Å². The topological polar surface area (TPSA) is 339 Å². The van der Waals surface area contributed by atoms with Crippen LogP contribution in [0.2, 0.25) is 0 Å². The minimum absolute atomic E-state index is 0.124. The highest BCUT2D eigenvalue weighted by Crippen LogP contribution is 2.43. The molecule has 0 bridgehead atoms. The molecule has 0 radical (unpaired) electrons. The van der Waals surface area contributed by atoms with Gasteiger partial charge in [0.15, 0.2) is 18.7 Å². The van der Waals surface area contributed by atoms with Gasteiger partial charge < -0.3 is 74.0 Å². The van der Waals surface area contributed by atoms with Crippen LogP contribution in [0.3, 0.4) is 0 Å². The van der Waals surface area contributed by atoms with E-state index in [-0.39, 0.29) is 32.1 Å². The molecule has 0 spiro atoms. The van der Waals surface area contributed by atoms with Crippen molar-refractivity contribution < 1.29 is 101 Å². The van der Waals surface area contributed by atoms with Crippen LogP contribution in [0.15, 0.2) is 0 Å². The maximum atomic E-state index is 15.0. The number of rotatable bonds is 84. The van der Waals surface area contributed by atoms with Gasteiger partial charge in [0.1, 0.15) is 60.9 Å². The van der Waals surface area contributed by atoms with Crippen molar-refractivity contribution in [2.45, 2.75) is 564 Å². The molecule has 23 nitrogen and oxygen atoms in total. The van der Waals surface area contributed by atoms with Crippen LogP contribution in [-0.2, 0) is 71.0 Å². The Morgan fingerprint density at radius 3 is 0.900 bits per heavy atom. The highest BCUT2D eigenvalue weighted by Gasteiger charge is 2.53. The van der Waals surface area contributed by atoms with Gasteiger partial charge in [0.05, 0.1) is 32.5 Å². The van der Waals surface area contributed by atoms with Crippen LogP contribution in [-0.4, -0.2) is 159 Å². The Morgan fingerprint density at radius 1 is 0.333 bits per heavy atom. The molecule has 2 aliphatic rings. The van der Waals surface area contributed by atoms with E-state index >= 15 is 0 Å². The second kappa shape index (κ2) is 76.8. The number of amides is 2. The third kappa shape index (κ3) is 60.3. The van der Waals surface area contributed by atoms with Crippen molar-refractivity contribution in [2.75, 3.05) is 13.2 Å². The Bertz CT molecular complexity index is 2510. The fraction of sp³-hybridized carbons (Fsp3) is 0.938. The van der Waals surface area contributed by atoms with Crippen molar-refractivity contribution in [3.05, 3.63) is 0 Å². The van der Waals surface area contributed by atoms with E-state index in [4.69, 9.17) is 37.7 Å². The SMILES string of the molecule is CCCCCCCCCCCCCCCC(=O)O[C@H](CCCCCCCCCCC)CC(=O)NC1[C@H](O)OC(CO[C@@H]2OC(CO)[C@@H](OP(=O)(O)O)[C@H](OC(=O)C[C@@H](CCCCCCCCCCC)OC(=O)CCCCCCCCCCCCC)C2NC(=O)C[C@@H](CCCCCCCCCCC)OC(=O)CCCCCCCCCCC)[C@@H](O)[C@@H]1O. The number of phosphoric ester groups is 1. The fourth-order valence-corrected chi connectivity index (χ4v) is 17.3. The smallest absolute Gasteiger partial charge is 0.462 e. The van der Waals surface area contributed by atoms with E-state index in [1.807, 2.05) is 0 Å². The van der Waals surface area contributed by atoms with Gasteiger partial charge in [-0.2, -0.15) is 0 Å². The van der Waals surface area contributed by atoms with Crippen molar-refractivity contribution in [1.29, 1.82) is 0 Å². The molecular formula is C96H181N2O21P. The first-order chi connectivity index (χ1) is 58.2. The first-order valence-corrected chi connectivity index (χ1v) is 51.4. The minimum Gasteiger partial charge on any atom is -0.462 e. The summed E-state index contributed by atoms with van der Waals surface area (Å²) in [5, 5.41) is 51.8. The molecule has 2 heterocycles. The molecule has 2 rings (SSSR count). The van der Waals surface area contributed by atoms with Crippen LogP contribution in [0.4, 0.5) is 0 Å². The zero-order valence-electron chi connectivity index (χ0n) is 77.0. The molecule has 24 heteroatoms. The summed E-state index contributed by atoms with van der Waals surface area (Å²) in [6.45, 7) is 11.4. The Kier molecular flexibility index (Phi) is 72.2.